The van der Waals surface area contributed by atoms with E-state index in [1.54, 1.807) is 36.1 Å². The number of carboxylic acid groups (broad SMARTS) is 1. The number of nitrogens with zero attached hydrogens (tertiary/aromatic N) is 1. The Morgan fingerprint density at radius 1 is 1.24 bits per heavy atom. The number of carboxylic acids is 1. The van der Waals surface area contributed by atoms with Crippen LogP contribution in [0.1, 0.15) is 35.7 Å². The molecule has 4 amide bonds. The Morgan fingerprint density at radius 3 is 2.48 bits per heavy atom. The van der Waals surface area contributed by atoms with Gasteiger partial charge in [-0.25, -0.2) is 4.79 Å². The summed E-state index contributed by atoms with van der Waals surface area (Å²) in [5, 5.41) is 13.9. The predicted octanol–water partition coefficient (Wildman–Crippen LogP) is 0.678. The lowest BCUT2D eigenvalue weighted by Crippen LogP contribution is -2.42. The average Bonchev–Trinajstić information content (AvgIpc) is 2.87. The van der Waals surface area contributed by atoms with Gasteiger partial charge >= 0.3 is 12.0 Å². The van der Waals surface area contributed by atoms with Gasteiger partial charge in [0.1, 0.15) is 5.54 Å². The monoisotopic (exact) mass is 345 g/mol. The normalized spacial score (nSPS) is 26.1. The van der Waals surface area contributed by atoms with Crippen molar-refractivity contribution in [3.05, 3.63) is 35.4 Å². The van der Waals surface area contributed by atoms with E-state index in [0.717, 1.165) is 0 Å². The van der Waals surface area contributed by atoms with Gasteiger partial charge in [0.05, 0.1) is 5.92 Å². The van der Waals surface area contributed by atoms with Gasteiger partial charge in [-0.1, -0.05) is 12.1 Å². The maximum Gasteiger partial charge on any atom is 0.322 e. The first-order valence-corrected chi connectivity index (χ1v) is 8.07. The molecule has 1 aromatic carbocycles. The lowest BCUT2D eigenvalue weighted by molar-refractivity contribution is -0.143. The van der Waals surface area contributed by atoms with Crippen molar-refractivity contribution in [1.82, 2.24) is 15.5 Å². The molecule has 2 saturated heterocycles. The van der Waals surface area contributed by atoms with Gasteiger partial charge in [-0.2, -0.15) is 0 Å². The van der Waals surface area contributed by atoms with E-state index in [0.29, 0.717) is 30.5 Å². The molecule has 0 saturated carbocycles. The van der Waals surface area contributed by atoms with Crippen LogP contribution in [0.15, 0.2) is 24.3 Å². The number of benzene rings is 1. The standard InChI is InChI=1S/C17H19N3O5/c1-17(15(24)18-16(25)19-17)12-6-4-10(5-7-12)13(21)20-8-2-3-11(9-20)14(22)23/h4-7,11H,2-3,8-9H2,1H3,(H,22,23)(H2,18,19,24,25)/t11-,17?/m0/s1. The highest BCUT2D eigenvalue weighted by Gasteiger charge is 2.43. The van der Waals surface area contributed by atoms with E-state index in [2.05, 4.69) is 10.6 Å². The Bertz CT molecular complexity index is 745. The molecule has 2 aliphatic rings. The molecule has 0 bridgehead atoms. The van der Waals surface area contributed by atoms with Crippen LogP contribution in [0.25, 0.3) is 0 Å². The molecular formula is C17H19N3O5. The van der Waals surface area contributed by atoms with Crippen molar-refractivity contribution in [2.24, 2.45) is 5.92 Å². The maximum absolute atomic E-state index is 12.6. The fourth-order valence-corrected chi connectivity index (χ4v) is 3.24. The number of rotatable bonds is 3. The van der Waals surface area contributed by atoms with Crippen molar-refractivity contribution in [2.45, 2.75) is 25.3 Å². The van der Waals surface area contributed by atoms with Crippen LogP contribution < -0.4 is 10.6 Å². The summed E-state index contributed by atoms with van der Waals surface area (Å²) in [6, 6.07) is 5.87. The zero-order chi connectivity index (χ0) is 18.2. The molecular weight excluding hydrogens is 326 g/mol. The van der Waals surface area contributed by atoms with Gasteiger partial charge in [-0.05, 0) is 37.5 Å². The second kappa shape index (κ2) is 6.19. The Labute approximate surface area is 144 Å². The van der Waals surface area contributed by atoms with Gasteiger partial charge in [0, 0.05) is 18.7 Å². The number of amides is 4. The predicted molar refractivity (Wildman–Crippen MR) is 86.7 cm³/mol. The molecule has 2 aliphatic heterocycles. The lowest BCUT2D eigenvalue weighted by atomic mass is 9.91. The van der Waals surface area contributed by atoms with Gasteiger partial charge in [-0.15, -0.1) is 0 Å². The van der Waals surface area contributed by atoms with E-state index >= 15 is 0 Å². The van der Waals surface area contributed by atoms with Crippen LogP contribution in [0.5, 0.6) is 0 Å². The van der Waals surface area contributed by atoms with Crippen LogP contribution in [0, 0.1) is 5.92 Å². The molecule has 3 rings (SSSR count). The third kappa shape index (κ3) is 3.07. The molecule has 0 aromatic heterocycles. The summed E-state index contributed by atoms with van der Waals surface area (Å²) in [6.45, 7) is 2.32. The topological polar surface area (TPSA) is 116 Å². The van der Waals surface area contributed by atoms with Gasteiger partial charge in [0.15, 0.2) is 0 Å². The van der Waals surface area contributed by atoms with E-state index in [-0.39, 0.29) is 12.5 Å². The third-order valence-electron chi connectivity index (χ3n) is 4.81. The number of carbonyl (C=O) groups excluding carboxylic acids is 3. The second-order valence-electron chi connectivity index (χ2n) is 6.54. The van der Waals surface area contributed by atoms with Crippen molar-refractivity contribution in [1.29, 1.82) is 0 Å². The molecule has 25 heavy (non-hydrogen) atoms. The number of urea groups is 1. The summed E-state index contributed by atoms with van der Waals surface area (Å²) in [5.74, 6) is -2.10. The highest BCUT2D eigenvalue weighted by Crippen LogP contribution is 2.25. The van der Waals surface area contributed by atoms with Crippen LogP contribution >= 0.6 is 0 Å². The highest BCUT2D eigenvalue weighted by atomic mass is 16.4. The van der Waals surface area contributed by atoms with Gasteiger partial charge in [0.2, 0.25) is 0 Å². The SMILES string of the molecule is CC1(c2ccc(C(=O)N3CCC[C@H](C(=O)O)C3)cc2)NC(=O)NC1=O. The smallest absolute Gasteiger partial charge is 0.322 e. The summed E-state index contributed by atoms with van der Waals surface area (Å²) < 4.78 is 0. The Morgan fingerprint density at radius 2 is 1.92 bits per heavy atom. The van der Waals surface area contributed by atoms with Gasteiger partial charge < -0.3 is 15.3 Å². The molecule has 3 N–H and O–H groups in total. The minimum atomic E-state index is -1.17. The van der Waals surface area contributed by atoms with Crippen LogP contribution in [0.3, 0.4) is 0 Å². The highest BCUT2D eigenvalue weighted by molar-refractivity contribution is 6.07. The molecule has 2 heterocycles. The number of carbonyl (C=O) groups is 4. The number of imide groups is 1. The van der Waals surface area contributed by atoms with Crippen molar-refractivity contribution in [3.63, 3.8) is 0 Å². The molecule has 0 aliphatic carbocycles. The quantitative estimate of drug-likeness (QED) is 0.697. The first-order chi connectivity index (χ1) is 11.8. The van der Waals surface area contributed by atoms with Crippen LogP contribution in [0.4, 0.5) is 4.79 Å². The summed E-state index contributed by atoms with van der Waals surface area (Å²) in [5.41, 5.74) is -0.185. The number of nitrogens with one attached hydrogen (secondary N) is 2. The van der Waals surface area contributed by atoms with E-state index < -0.39 is 29.4 Å². The average molecular weight is 345 g/mol. The zero-order valence-corrected chi connectivity index (χ0v) is 13.7. The largest absolute Gasteiger partial charge is 0.481 e. The molecule has 8 nitrogen and oxygen atoms in total. The fourth-order valence-electron chi connectivity index (χ4n) is 3.24. The van der Waals surface area contributed by atoms with Crippen molar-refractivity contribution in [2.75, 3.05) is 13.1 Å². The van der Waals surface area contributed by atoms with Crippen molar-refractivity contribution in [3.8, 4) is 0 Å². The first-order valence-electron chi connectivity index (χ1n) is 8.07. The zero-order valence-electron chi connectivity index (χ0n) is 13.7. The van der Waals surface area contributed by atoms with Gasteiger partial charge in [-0.3, -0.25) is 19.7 Å². The summed E-state index contributed by atoms with van der Waals surface area (Å²) in [6.07, 6.45) is 1.23. The number of hydrogen-bond donors (Lipinski definition) is 3. The van der Waals surface area contributed by atoms with Crippen molar-refractivity contribution >= 4 is 23.8 Å². The molecule has 132 valence electrons. The Hall–Kier alpha value is -2.90. The molecule has 2 atom stereocenters. The molecule has 0 radical (unpaired) electrons. The molecule has 8 heteroatoms. The molecule has 1 unspecified atom stereocenters. The van der Waals surface area contributed by atoms with Crippen LogP contribution in [0.2, 0.25) is 0 Å². The van der Waals surface area contributed by atoms with E-state index in [1.165, 1.54) is 0 Å². The second-order valence-corrected chi connectivity index (χ2v) is 6.54. The van der Waals surface area contributed by atoms with E-state index in [1.807, 2.05) is 0 Å². The van der Waals surface area contributed by atoms with Crippen LogP contribution in [-0.2, 0) is 15.1 Å². The van der Waals surface area contributed by atoms with Gasteiger partial charge in [0.25, 0.3) is 11.8 Å². The number of hydrogen-bond acceptors (Lipinski definition) is 4. The number of piperidine rings is 1. The van der Waals surface area contributed by atoms with Crippen LogP contribution in [-0.4, -0.2) is 46.9 Å². The Kier molecular flexibility index (Phi) is 4.20. The number of likely N-dealkylation sites (tertiary alicyclic amines) is 1. The molecule has 0 spiro atoms. The summed E-state index contributed by atoms with van der Waals surface area (Å²) >= 11 is 0. The fraction of sp³-hybridized carbons (Fsp3) is 0.412. The Balaban J connectivity index is 1.76. The summed E-state index contributed by atoms with van der Waals surface area (Å²) in [4.78, 5) is 48.6. The minimum Gasteiger partial charge on any atom is -0.481 e. The molecule has 2 fully saturated rings. The van der Waals surface area contributed by atoms with E-state index in [9.17, 15) is 19.2 Å². The molecule has 1 aromatic rings. The minimum absolute atomic E-state index is 0.200. The lowest BCUT2D eigenvalue weighted by Gasteiger charge is -2.31. The maximum atomic E-state index is 12.6. The third-order valence-corrected chi connectivity index (χ3v) is 4.81. The van der Waals surface area contributed by atoms with Crippen molar-refractivity contribution < 1.29 is 24.3 Å². The summed E-state index contributed by atoms with van der Waals surface area (Å²) in [7, 11) is 0. The first kappa shape index (κ1) is 16.9. The van der Waals surface area contributed by atoms with E-state index in [4.69, 9.17) is 5.11 Å². The number of aliphatic carboxylic acids is 1.